The number of nitrogens with zero attached hydrogens (tertiary/aromatic N) is 1. The summed E-state index contributed by atoms with van der Waals surface area (Å²) in [5, 5.41) is 5.24. The van der Waals surface area contributed by atoms with Gasteiger partial charge in [-0.3, -0.25) is 14.5 Å². The molecule has 0 saturated carbocycles. The molecule has 0 aliphatic carbocycles. The van der Waals surface area contributed by atoms with Crippen molar-refractivity contribution in [2.45, 2.75) is 38.7 Å². The van der Waals surface area contributed by atoms with E-state index < -0.39 is 53.9 Å². The Morgan fingerprint density at radius 1 is 1.09 bits per heavy atom. The van der Waals surface area contributed by atoms with Crippen molar-refractivity contribution in [3.05, 3.63) is 65.5 Å². The number of rotatable bonds is 7. The van der Waals surface area contributed by atoms with Crippen molar-refractivity contribution in [3.63, 3.8) is 0 Å². The van der Waals surface area contributed by atoms with Crippen molar-refractivity contribution in [2.24, 2.45) is 5.92 Å². The number of urea groups is 1. The summed E-state index contributed by atoms with van der Waals surface area (Å²) in [7, 11) is 0. The van der Waals surface area contributed by atoms with E-state index in [1.54, 1.807) is 0 Å². The Labute approximate surface area is 193 Å². The number of hydrogen-bond acceptors (Lipinski definition) is 4. The Bertz CT molecular complexity index is 1070. The van der Waals surface area contributed by atoms with Crippen LogP contribution in [0.3, 0.4) is 0 Å². The number of hydrogen-bond donors (Lipinski definition) is 2. The van der Waals surface area contributed by atoms with Crippen LogP contribution in [0.15, 0.2) is 48.5 Å². The molecule has 2 aromatic rings. The van der Waals surface area contributed by atoms with Crippen LogP contribution in [0, 0.1) is 11.7 Å². The second kappa shape index (κ2) is 9.32. The molecule has 1 saturated heterocycles. The Balaban J connectivity index is 1.72. The van der Waals surface area contributed by atoms with E-state index in [1.807, 2.05) is 13.8 Å². The predicted molar refractivity (Wildman–Crippen MR) is 113 cm³/mol. The van der Waals surface area contributed by atoms with Crippen molar-refractivity contribution < 1.29 is 36.7 Å². The minimum atomic E-state index is -4.87. The second-order valence-corrected chi connectivity index (χ2v) is 8.36. The Morgan fingerprint density at radius 3 is 2.21 bits per heavy atom. The Morgan fingerprint density at radius 2 is 1.68 bits per heavy atom. The lowest BCUT2D eigenvalue weighted by molar-refractivity contribution is -0.274. The summed E-state index contributed by atoms with van der Waals surface area (Å²) in [5.74, 6) is -2.31. The highest BCUT2D eigenvalue weighted by Crippen LogP contribution is 2.31. The van der Waals surface area contributed by atoms with Gasteiger partial charge >= 0.3 is 12.4 Å². The van der Waals surface area contributed by atoms with E-state index in [4.69, 9.17) is 0 Å². The zero-order chi connectivity index (χ0) is 25.3. The van der Waals surface area contributed by atoms with Gasteiger partial charge in [0.25, 0.3) is 5.91 Å². The Hall–Kier alpha value is -3.63. The third-order valence-electron chi connectivity index (χ3n) is 5.45. The second-order valence-electron chi connectivity index (χ2n) is 8.36. The summed E-state index contributed by atoms with van der Waals surface area (Å²) < 4.78 is 54.2. The highest BCUT2D eigenvalue weighted by molar-refractivity contribution is 6.09. The molecule has 1 aliphatic heterocycles. The monoisotopic (exact) mass is 481 g/mol. The van der Waals surface area contributed by atoms with Gasteiger partial charge in [-0.25, -0.2) is 9.18 Å². The van der Waals surface area contributed by atoms with Crippen molar-refractivity contribution in [2.75, 3.05) is 6.54 Å². The molecule has 4 amide bonds. The predicted octanol–water partition coefficient (Wildman–Crippen LogP) is 4.00. The molecule has 2 aromatic carbocycles. The molecule has 2 atom stereocenters. The van der Waals surface area contributed by atoms with Crippen molar-refractivity contribution in [3.8, 4) is 5.75 Å². The maximum atomic E-state index is 13.2. The maximum absolute atomic E-state index is 13.2. The highest BCUT2D eigenvalue weighted by atomic mass is 19.4. The number of benzene rings is 2. The molecule has 3 rings (SSSR count). The number of carbonyl (C=O) groups excluding carboxylic acids is 3. The molecule has 0 bridgehead atoms. The summed E-state index contributed by atoms with van der Waals surface area (Å²) in [6.07, 6.45) is -4.87. The first kappa shape index (κ1) is 25.0. The normalized spacial score (nSPS) is 19.2. The van der Waals surface area contributed by atoms with Crippen molar-refractivity contribution in [1.29, 1.82) is 0 Å². The van der Waals surface area contributed by atoms with E-state index in [9.17, 15) is 31.9 Å². The number of halogens is 4. The van der Waals surface area contributed by atoms with Crippen LogP contribution in [-0.2, 0) is 15.1 Å². The van der Waals surface area contributed by atoms with Crippen molar-refractivity contribution in [1.82, 2.24) is 15.5 Å². The zero-order valence-corrected chi connectivity index (χ0v) is 18.6. The van der Waals surface area contributed by atoms with Gasteiger partial charge in [0.05, 0.1) is 6.04 Å². The van der Waals surface area contributed by atoms with Crippen molar-refractivity contribution >= 4 is 17.8 Å². The molecule has 11 heteroatoms. The van der Waals surface area contributed by atoms with Gasteiger partial charge in [0.2, 0.25) is 5.91 Å². The van der Waals surface area contributed by atoms with Crippen LogP contribution in [-0.4, -0.2) is 35.7 Å². The number of ether oxygens (including phenoxy) is 1. The SMILES string of the molecule is CC(C)C(NC(=O)CN1C(=O)NC(C)(c2ccc(OC(F)(F)F)cc2)C1=O)c1ccc(F)cc1. The molecule has 0 radical (unpaired) electrons. The van der Waals surface area contributed by atoms with Crippen LogP contribution >= 0.6 is 0 Å². The molecule has 1 aliphatic rings. The molecule has 2 N–H and O–H groups in total. The molecule has 0 aromatic heterocycles. The fourth-order valence-corrected chi connectivity index (χ4v) is 3.69. The summed E-state index contributed by atoms with van der Waals surface area (Å²) in [4.78, 5) is 38.9. The first-order valence-electron chi connectivity index (χ1n) is 10.4. The van der Waals surface area contributed by atoms with Crippen LogP contribution < -0.4 is 15.4 Å². The van der Waals surface area contributed by atoms with Crippen LogP contribution in [0.25, 0.3) is 0 Å². The molecule has 2 unspecified atom stereocenters. The van der Waals surface area contributed by atoms with Gasteiger partial charge < -0.3 is 15.4 Å². The van der Waals surface area contributed by atoms with E-state index in [-0.39, 0.29) is 11.5 Å². The number of amides is 4. The van der Waals surface area contributed by atoms with Crippen LogP contribution in [0.5, 0.6) is 5.75 Å². The maximum Gasteiger partial charge on any atom is 0.573 e. The average Bonchev–Trinajstić information content (AvgIpc) is 2.96. The summed E-state index contributed by atoms with van der Waals surface area (Å²) in [6, 6.07) is 8.82. The number of carbonyl (C=O) groups is 3. The molecule has 1 heterocycles. The molecule has 7 nitrogen and oxygen atoms in total. The quantitative estimate of drug-likeness (QED) is 0.462. The van der Waals surface area contributed by atoms with Gasteiger partial charge in [-0.15, -0.1) is 13.2 Å². The van der Waals surface area contributed by atoms with Gasteiger partial charge in [-0.05, 0) is 48.2 Å². The lowest BCUT2D eigenvalue weighted by Crippen LogP contribution is -2.44. The van der Waals surface area contributed by atoms with E-state index in [1.165, 1.54) is 43.3 Å². The third kappa shape index (κ3) is 5.46. The van der Waals surface area contributed by atoms with E-state index in [0.29, 0.717) is 5.56 Å². The summed E-state index contributed by atoms with van der Waals surface area (Å²) in [5.41, 5.74) is -0.703. The van der Waals surface area contributed by atoms with E-state index in [2.05, 4.69) is 15.4 Å². The van der Waals surface area contributed by atoms with Gasteiger partial charge in [0.15, 0.2) is 0 Å². The lowest BCUT2D eigenvalue weighted by Gasteiger charge is -2.25. The zero-order valence-electron chi connectivity index (χ0n) is 18.6. The first-order chi connectivity index (χ1) is 15.8. The molecular weight excluding hydrogens is 458 g/mol. The van der Waals surface area contributed by atoms with E-state index in [0.717, 1.165) is 17.0 Å². The summed E-state index contributed by atoms with van der Waals surface area (Å²) in [6.45, 7) is 4.52. The topological polar surface area (TPSA) is 87.7 Å². The molecular formula is C23H23F4N3O4. The van der Waals surface area contributed by atoms with Crippen LogP contribution in [0.2, 0.25) is 0 Å². The molecule has 182 valence electrons. The van der Waals surface area contributed by atoms with E-state index >= 15 is 0 Å². The lowest BCUT2D eigenvalue weighted by atomic mass is 9.92. The summed E-state index contributed by atoms with van der Waals surface area (Å²) >= 11 is 0. The Kier molecular flexibility index (Phi) is 6.85. The minimum Gasteiger partial charge on any atom is -0.406 e. The minimum absolute atomic E-state index is 0.0692. The highest BCUT2D eigenvalue weighted by Gasteiger charge is 2.49. The third-order valence-corrected chi connectivity index (χ3v) is 5.45. The fourth-order valence-electron chi connectivity index (χ4n) is 3.69. The first-order valence-corrected chi connectivity index (χ1v) is 10.4. The fraction of sp³-hybridized carbons (Fsp3) is 0.348. The average molecular weight is 481 g/mol. The van der Waals surface area contributed by atoms with Gasteiger partial charge in [0, 0.05) is 0 Å². The molecule has 1 fully saturated rings. The number of alkyl halides is 3. The molecule has 0 spiro atoms. The number of nitrogens with one attached hydrogen (secondary N) is 2. The van der Waals surface area contributed by atoms with Gasteiger partial charge in [-0.1, -0.05) is 38.1 Å². The van der Waals surface area contributed by atoms with Crippen LogP contribution in [0.4, 0.5) is 22.4 Å². The van der Waals surface area contributed by atoms with Crippen LogP contribution in [0.1, 0.15) is 37.9 Å². The van der Waals surface area contributed by atoms with Gasteiger partial charge in [-0.2, -0.15) is 0 Å². The molecule has 34 heavy (non-hydrogen) atoms. The number of imide groups is 1. The smallest absolute Gasteiger partial charge is 0.406 e. The standard InChI is InChI=1S/C23H23F4N3O4/c1-13(2)19(14-4-8-16(24)9-5-14)28-18(31)12-30-20(32)22(3,29-21(30)33)15-6-10-17(11-7-15)34-23(25,26)27/h4-11,13,19H,12H2,1-3H3,(H,28,31)(H,29,33). The largest absolute Gasteiger partial charge is 0.573 e. The van der Waals surface area contributed by atoms with Gasteiger partial charge in [0.1, 0.15) is 23.7 Å².